The second-order valence-electron chi connectivity index (χ2n) is 8.76. The molecular formula is C24H35N5O5. The summed E-state index contributed by atoms with van der Waals surface area (Å²) in [5.74, 6) is 4.32. The largest absolute Gasteiger partial charge is 0.465 e. The summed E-state index contributed by atoms with van der Waals surface area (Å²) in [6.45, 7) is 2.86. The molecule has 2 aliphatic rings. The molecular weight excluding hydrogens is 438 g/mol. The van der Waals surface area contributed by atoms with Crippen molar-refractivity contribution in [3.8, 4) is 0 Å². The first-order chi connectivity index (χ1) is 16.4. The minimum Gasteiger partial charge on any atom is -0.465 e. The molecule has 0 radical (unpaired) electrons. The number of carbonyl (C=O) groups is 3. The number of hydrogen-bond acceptors (Lipinski definition) is 8. The molecule has 3 rings (SSSR count). The Kier molecular flexibility index (Phi) is 9.41. The van der Waals surface area contributed by atoms with E-state index in [0.717, 1.165) is 37.7 Å². The van der Waals surface area contributed by atoms with E-state index in [0.29, 0.717) is 31.7 Å². The van der Waals surface area contributed by atoms with E-state index in [1.807, 2.05) is 0 Å². The van der Waals surface area contributed by atoms with Gasteiger partial charge in [0.2, 0.25) is 17.7 Å². The topological polar surface area (TPSA) is 147 Å². The van der Waals surface area contributed by atoms with Gasteiger partial charge in [0.25, 0.3) is 0 Å². The van der Waals surface area contributed by atoms with Gasteiger partial charge in [0.15, 0.2) is 0 Å². The molecule has 2 amide bonds. The van der Waals surface area contributed by atoms with Crippen LogP contribution in [-0.4, -0.2) is 60.4 Å². The summed E-state index contributed by atoms with van der Waals surface area (Å²) in [5, 5.41) is 13.6. The number of nitrogens with zero attached hydrogens (tertiary/aromatic N) is 1. The zero-order valence-electron chi connectivity index (χ0n) is 19.7. The Balaban J connectivity index is 1.57. The highest BCUT2D eigenvalue weighted by molar-refractivity contribution is 5.92. The van der Waals surface area contributed by atoms with E-state index in [4.69, 9.17) is 16.0 Å². The van der Waals surface area contributed by atoms with Crippen LogP contribution in [0.2, 0.25) is 0 Å². The quantitative estimate of drug-likeness (QED) is 0.173. The average Bonchev–Trinajstić information content (AvgIpc) is 2.83. The van der Waals surface area contributed by atoms with Crippen LogP contribution in [0.4, 0.5) is 0 Å². The minimum absolute atomic E-state index is 0.0197. The first-order valence-corrected chi connectivity index (χ1v) is 12.0. The van der Waals surface area contributed by atoms with Gasteiger partial charge in [-0.25, -0.2) is 0 Å². The van der Waals surface area contributed by atoms with Crippen LogP contribution in [0.25, 0.3) is 0 Å². The maximum atomic E-state index is 13.4. The molecule has 1 saturated carbocycles. The number of nitrogens with two attached hydrogens (primary N) is 1. The number of esters is 1. The molecule has 1 aromatic rings. The van der Waals surface area contributed by atoms with Crippen molar-refractivity contribution in [3.05, 3.63) is 35.4 Å². The minimum atomic E-state index is -0.513. The van der Waals surface area contributed by atoms with Crippen molar-refractivity contribution in [1.29, 1.82) is 5.41 Å². The highest BCUT2D eigenvalue weighted by Crippen LogP contribution is 2.29. The van der Waals surface area contributed by atoms with Crippen molar-refractivity contribution in [2.24, 2.45) is 11.8 Å². The second-order valence-corrected chi connectivity index (χ2v) is 8.76. The summed E-state index contributed by atoms with van der Waals surface area (Å²) in [5.41, 5.74) is 1.40. The van der Waals surface area contributed by atoms with E-state index in [2.05, 4.69) is 15.5 Å². The number of likely N-dealkylation sites (tertiary alicyclic amines) is 1. The van der Waals surface area contributed by atoms with Crippen LogP contribution in [0.1, 0.15) is 56.6 Å². The lowest BCUT2D eigenvalue weighted by Crippen LogP contribution is -2.63. The zero-order chi connectivity index (χ0) is 24.5. The van der Waals surface area contributed by atoms with Crippen LogP contribution in [0, 0.1) is 11.3 Å². The molecule has 0 spiro atoms. The lowest BCUT2D eigenvalue weighted by atomic mass is 9.82. The number of rotatable bonds is 10. The number of amides is 2. The normalized spacial score (nSPS) is 19.0. The van der Waals surface area contributed by atoms with E-state index >= 15 is 0 Å². The van der Waals surface area contributed by atoms with Gasteiger partial charge < -0.3 is 19.8 Å². The number of nitrogens with one attached hydrogen (secondary N) is 3. The molecule has 1 heterocycles. The van der Waals surface area contributed by atoms with Crippen LogP contribution in [-0.2, 0) is 30.5 Å². The molecule has 0 aromatic heterocycles. The van der Waals surface area contributed by atoms with E-state index in [1.165, 1.54) is 0 Å². The van der Waals surface area contributed by atoms with Gasteiger partial charge in [-0.3, -0.25) is 25.1 Å². The van der Waals surface area contributed by atoms with Crippen molar-refractivity contribution in [2.75, 3.05) is 19.7 Å². The van der Waals surface area contributed by atoms with Crippen LogP contribution in [0.3, 0.4) is 0 Å². The van der Waals surface area contributed by atoms with E-state index < -0.39 is 12.1 Å². The SMILES string of the molecule is CCOC(=O)CNC(C(=O)N1CCC1C(=O)NCc1ccc(C(=N)ON)cc1)C1CCCCC1. The Bertz CT molecular complexity index is 869. The van der Waals surface area contributed by atoms with E-state index in [1.54, 1.807) is 36.1 Å². The summed E-state index contributed by atoms with van der Waals surface area (Å²) < 4.78 is 5.00. The summed E-state index contributed by atoms with van der Waals surface area (Å²) in [6, 6.07) is 5.95. The number of ether oxygens (including phenoxy) is 1. The van der Waals surface area contributed by atoms with Gasteiger partial charge in [-0.15, -0.1) is 0 Å². The van der Waals surface area contributed by atoms with Crippen LogP contribution < -0.4 is 16.5 Å². The Morgan fingerprint density at radius 3 is 2.44 bits per heavy atom. The fraction of sp³-hybridized carbons (Fsp3) is 0.583. The maximum absolute atomic E-state index is 13.4. The third-order valence-corrected chi connectivity index (χ3v) is 6.57. The van der Waals surface area contributed by atoms with E-state index in [-0.39, 0.29) is 36.1 Å². The van der Waals surface area contributed by atoms with Gasteiger partial charge in [-0.05, 0) is 49.8 Å². The number of benzene rings is 1. The molecule has 1 aliphatic heterocycles. The van der Waals surface area contributed by atoms with Crippen LogP contribution in [0.15, 0.2) is 24.3 Å². The zero-order valence-corrected chi connectivity index (χ0v) is 19.7. The van der Waals surface area contributed by atoms with Crippen molar-refractivity contribution in [1.82, 2.24) is 15.5 Å². The standard InChI is InChI=1S/C24H35N5O5/c1-2-33-20(30)15-27-21(17-6-4-3-5-7-17)24(32)29-13-12-19(29)23(31)28-14-16-8-10-18(11-9-16)22(25)34-26/h8-11,17,19,21,25,27H,2-7,12-15,26H2,1H3,(H,28,31). The molecule has 10 heteroatoms. The third-order valence-electron chi connectivity index (χ3n) is 6.57. The molecule has 2 atom stereocenters. The maximum Gasteiger partial charge on any atom is 0.319 e. The average molecular weight is 474 g/mol. The summed E-state index contributed by atoms with van der Waals surface area (Å²) in [6.07, 6.45) is 5.76. The Labute approximate surface area is 200 Å². The Hall–Kier alpha value is -2.98. The Morgan fingerprint density at radius 2 is 1.85 bits per heavy atom. The molecule has 1 saturated heterocycles. The summed E-state index contributed by atoms with van der Waals surface area (Å²) in [4.78, 5) is 44.1. The van der Waals surface area contributed by atoms with Gasteiger partial charge >= 0.3 is 5.97 Å². The molecule has 1 aromatic carbocycles. The number of hydrogen-bond donors (Lipinski definition) is 4. The molecule has 2 fully saturated rings. The fourth-order valence-electron chi connectivity index (χ4n) is 4.58. The molecule has 186 valence electrons. The highest BCUT2D eigenvalue weighted by atomic mass is 16.6. The molecule has 1 aliphatic carbocycles. The lowest BCUT2D eigenvalue weighted by molar-refractivity contribution is -0.151. The van der Waals surface area contributed by atoms with Gasteiger partial charge in [0.1, 0.15) is 6.04 Å². The molecule has 2 unspecified atom stereocenters. The van der Waals surface area contributed by atoms with Crippen LogP contribution in [0.5, 0.6) is 0 Å². The van der Waals surface area contributed by atoms with Gasteiger partial charge in [0, 0.05) is 18.7 Å². The van der Waals surface area contributed by atoms with E-state index in [9.17, 15) is 14.4 Å². The molecule has 34 heavy (non-hydrogen) atoms. The fourth-order valence-corrected chi connectivity index (χ4v) is 4.58. The predicted octanol–water partition coefficient (Wildman–Crippen LogP) is 1.22. The highest BCUT2D eigenvalue weighted by Gasteiger charge is 2.42. The first kappa shape index (κ1) is 25.6. The molecule has 10 nitrogen and oxygen atoms in total. The van der Waals surface area contributed by atoms with Crippen molar-refractivity contribution in [3.63, 3.8) is 0 Å². The van der Waals surface area contributed by atoms with Crippen LogP contribution >= 0.6 is 0 Å². The van der Waals surface area contributed by atoms with Crippen molar-refractivity contribution >= 4 is 23.7 Å². The van der Waals surface area contributed by atoms with Crippen molar-refractivity contribution < 1.29 is 24.0 Å². The van der Waals surface area contributed by atoms with Crippen molar-refractivity contribution in [2.45, 2.75) is 64.1 Å². The predicted molar refractivity (Wildman–Crippen MR) is 126 cm³/mol. The lowest BCUT2D eigenvalue weighted by Gasteiger charge is -2.43. The van der Waals surface area contributed by atoms with Gasteiger partial charge in [0.05, 0.1) is 19.2 Å². The molecule has 0 bridgehead atoms. The van der Waals surface area contributed by atoms with Gasteiger partial charge in [-0.1, -0.05) is 31.4 Å². The number of carbonyl (C=O) groups excluding carboxylic acids is 3. The second kappa shape index (κ2) is 12.5. The van der Waals surface area contributed by atoms with Gasteiger partial charge in [-0.2, -0.15) is 5.90 Å². The summed E-state index contributed by atoms with van der Waals surface area (Å²) in [7, 11) is 0. The monoisotopic (exact) mass is 473 g/mol. The third kappa shape index (κ3) is 6.54. The smallest absolute Gasteiger partial charge is 0.319 e. The summed E-state index contributed by atoms with van der Waals surface area (Å²) >= 11 is 0. The molecule has 5 N–H and O–H groups in total. The Morgan fingerprint density at radius 1 is 1.15 bits per heavy atom. The first-order valence-electron chi connectivity index (χ1n) is 12.0.